The van der Waals surface area contributed by atoms with Crippen molar-refractivity contribution in [2.75, 3.05) is 0 Å². The zero-order valence-electron chi connectivity index (χ0n) is 17.5. The van der Waals surface area contributed by atoms with Crippen molar-refractivity contribution in [3.8, 4) is 0 Å². The highest BCUT2D eigenvalue weighted by Crippen LogP contribution is 2.16. The molecule has 0 bridgehead atoms. The van der Waals surface area contributed by atoms with E-state index in [1.54, 1.807) is 0 Å². The fourth-order valence-corrected chi connectivity index (χ4v) is 3.45. The average Bonchev–Trinajstić information content (AvgIpc) is 2.79. The van der Waals surface area contributed by atoms with Crippen molar-refractivity contribution in [2.24, 2.45) is 0 Å². The summed E-state index contributed by atoms with van der Waals surface area (Å²) in [6.45, 7) is 4.00. The summed E-state index contributed by atoms with van der Waals surface area (Å²) in [6.07, 6.45) is 2.97. The van der Waals surface area contributed by atoms with Crippen LogP contribution in [0.3, 0.4) is 0 Å². The zero-order chi connectivity index (χ0) is 20.3. The van der Waals surface area contributed by atoms with Gasteiger partial charge in [0, 0.05) is 0 Å². The van der Waals surface area contributed by atoms with Gasteiger partial charge in [-0.3, -0.25) is 0 Å². The van der Waals surface area contributed by atoms with Crippen molar-refractivity contribution in [2.45, 2.75) is 33.1 Å². The van der Waals surface area contributed by atoms with Crippen molar-refractivity contribution in [3.05, 3.63) is 143 Å². The summed E-state index contributed by atoms with van der Waals surface area (Å²) >= 11 is 0. The smallest absolute Gasteiger partial charge is 0.00258 e. The van der Waals surface area contributed by atoms with Gasteiger partial charge >= 0.3 is 0 Å². The minimum absolute atomic E-state index is 0.983. The first-order valence-electron chi connectivity index (χ1n) is 10.6. The quantitative estimate of drug-likeness (QED) is 0.326. The molecule has 4 aromatic carbocycles. The van der Waals surface area contributed by atoms with Gasteiger partial charge in [-0.1, -0.05) is 123 Å². The molecule has 0 aliphatic carbocycles. The lowest BCUT2D eigenvalue weighted by Crippen LogP contribution is -1.92. The summed E-state index contributed by atoms with van der Waals surface area (Å²) in [7, 11) is 0. The van der Waals surface area contributed by atoms with Crippen molar-refractivity contribution in [1.29, 1.82) is 0 Å². The Balaban J connectivity index is 0.00000117. The fraction of sp³-hybridized carbons (Fsp3) is 0.172. The molecule has 0 radical (unpaired) electrons. The lowest BCUT2D eigenvalue weighted by molar-refractivity contribution is 1.14. The van der Waals surface area contributed by atoms with E-state index < -0.39 is 0 Å². The molecule has 0 atom stereocenters. The Labute approximate surface area is 175 Å². The number of hydrogen-bond donors (Lipinski definition) is 0. The largest absolute Gasteiger partial charge is 0.0683 e. The topological polar surface area (TPSA) is 0 Å². The van der Waals surface area contributed by atoms with Crippen molar-refractivity contribution < 1.29 is 0 Å². The van der Waals surface area contributed by atoms with E-state index in [1.807, 2.05) is 13.8 Å². The van der Waals surface area contributed by atoms with Crippen molar-refractivity contribution >= 4 is 0 Å². The number of benzene rings is 4. The maximum Gasteiger partial charge on any atom is -0.00258 e. The van der Waals surface area contributed by atoms with Gasteiger partial charge in [0.25, 0.3) is 0 Å². The summed E-state index contributed by atoms with van der Waals surface area (Å²) < 4.78 is 0. The molecule has 0 amide bonds. The van der Waals surface area contributed by atoms with Gasteiger partial charge in [-0.25, -0.2) is 0 Å². The van der Waals surface area contributed by atoms with Gasteiger partial charge in [-0.15, -0.1) is 0 Å². The molecule has 0 saturated heterocycles. The Hall–Kier alpha value is -3.12. The van der Waals surface area contributed by atoms with Crippen LogP contribution in [0.15, 0.2) is 109 Å². The molecule has 4 aromatic rings. The van der Waals surface area contributed by atoms with Gasteiger partial charge in [0.05, 0.1) is 0 Å². The first-order chi connectivity index (χ1) is 14.3. The van der Waals surface area contributed by atoms with E-state index in [-0.39, 0.29) is 0 Å². The molecular formula is C29H30. The second kappa shape index (κ2) is 11.0. The Bertz CT molecular complexity index is 867. The van der Waals surface area contributed by atoms with Gasteiger partial charge in [0.2, 0.25) is 0 Å². The van der Waals surface area contributed by atoms with E-state index >= 15 is 0 Å². The number of hydrogen-bond acceptors (Lipinski definition) is 0. The van der Waals surface area contributed by atoms with Gasteiger partial charge < -0.3 is 0 Å². The molecule has 0 heteroatoms. The summed E-state index contributed by atoms with van der Waals surface area (Å²) in [5.74, 6) is 0. The predicted molar refractivity (Wildman–Crippen MR) is 126 cm³/mol. The Morgan fingerprint density at radius 1 is 0.310 bits per heavy atom. The molecule has 0 fully saturated rings. The number of rotatable bonds is 6. The second-order valence-electron chi connectivity index (χ2n) is 7.13. The van der Waals surface area contributed by atoms with Crippen LogP contribution >= 0.6 is 0 Å². The minimum atomic E-state index is 0.983. The van der Waals surface area contributed by atoms with E-state index in [9.17, 15) is 0 Å². The molecule has 0 saturated carbocycles. The van der Waals surface area contributed by atoms with Crippen molar-refractivity contribution in [1.82, 2.24) is 0 Å². The lowest BCUT2D eigenvalue weighted by atomic mass is 9.98. The van der Waals surface area contributed by atoms with Crippen LogP contribution in [-0.2, 0) is 19.3 Å². The van der Waals surface area contributed by atoms with Crippen LogP contribution in [0, 0.1) is 0 Å². The standard InChI is InChI=1S/C27H24.C2H6/c1-3-7-22(8-4-1)19-24-11-15-26(16-12-24)21-27-17-13-25(14-18-27)20-23-9-5-2-6-10-23;1-2/h1-18H,19-21H2;1-2H3. The van der Waals surface area contributed by atoms with Gasteiger partial charge in [-0.05, 0) is 52.6 Å². The zero-order valence-corrected chi connectivity index (χ0v) is 17.5. The minimum Gasteiger partial charge on any atom is -0.0683 e. The summed E-state index contributed by atoms with van der Waals surface area (Å²) in [5.41, 5.74) is 8.18. The molecule has 146 valence electrons. The van der Waals surface area contributed by atoms with Crippen LogP contribution in [-0.4, -0.2) is 0 Å². The highest BCUT2D eigenvalue weighted by molar-refractivity contribution is 5.34. The van der Waals surface area contributed by atoms with E-state index in [0.29, 0.717) is 0 Å². The predicted octanol–water partition coefficient (Wildman–Crippen LogP) is 7.49. The maximum absolute atomic E-state index is 2.26. The van der Waals surface area contributed by atoms with Gasteiger partial charge in [0.1, 0.15) is 0 Å². The fourth-order valence-electron chi connectivity index (χ4n) is 3.45. The molecule has 0 aliphatic rings. The van der Waals surface area contributed by atoms with Crippen LogP contribution in [0.25, 0.3) is 0 Å². The lowest BCUT2D eigenvalue weighted by Gasteiger charge is -2.07. The molecule has 4 rings (SSSR count). The highest BCUT2D eigenvalue weighted by Gasteiger charge is 2.01. The summed E-state index contributed by atoms with van der Waals surface area (Å²) in [6, 6.07) is 39.3. The first-order valence-corrected chi connectivity index (χ1v) is 10.6. The molecular weight excluding hydrogens is 348 g/mol. The van der Waals surface area contributed by atoms with Crippen LogP contribution in [0.1, 0.15) is 47.2 Å². The average molecular weight is 379 g/mol. The monoisotopic (exact) mass is 378 g/mol. The van der Waals surface area contributed by atoms with Crippen LogP contribution in [0.5, 0.6) is 0 Å². The van der Waals surface area contributed by atoms with E-state index in [0.717, 1.165) is 19.3 Å². The normalized spacial score (nSPS) is 10.1. The summed E-state index contributed by atoms with van der Waals surface area (Å²) in [5, 5.41) is 0. The van der Waals surface area contributed by atoms with E-state index in [1.165, 1.54) is 33.4 Å². The van der Waals surface area contributed by atoms with E-state index in [4.69, 9.17) is 0 Å². The maximum atomic E-state index is 2.26. The Morgan fingerprint density at radius 3 is 0.759 bits per heavy atom. The van der Waals surface area contributed by atoms with Crippen LogP contribution < -0.4 is 0 Å². The van der Waals surface area contributed by atoms with E-state index in [2.05, 4.69) is 109 Å². The Morgan fingerprint density at radius 2 is 0.517 bits per heavy atom. The third-order valence-corrected chi connectivity index (χ3v) is 4.96. The first kappa shape index (κ1) is 20.6. The Kier molecular flexibility index (Phi) is 7.83. The molecule has 0 aliphatic heterocycles. The SMILES string of the molecule is CC.c1ccc(Cc2ccc(Cc3ccc(Cc4ccccc4)cc3)cc2)cc1. The van der Waals surface area contributed by atoms with Crippen molar-refractivity contribution in [3.63, 3.8) is 0 Å². The van der Waals surface area contributed by atoms with Gasteiger partial charge in [-0.2, -0.15) is 0 Å². The molecule has 0 nitrogen and oxygen atoms in total. The summed E-state index contributed by atoms with van der Waals surface area (Å²) in [4.78, 5) is 0. The third kappa shape index (κ3) is 6.47. The highest BCUT2D eigenvalue weighted by atomic mass is 14.1. The second-order valence-corrected chi connectivity index (χ2v) is 7.13. The molecule has 0 aromatic heterocycles. The van der Waals surface area contributed by atoms with Gasteiger partial charge in [0.15, 0.2) is 0 Å². The molecule has 29 heavy (non-hydrogen) atoms. The molecule has 0 spiro atoms. The molecule has 0 heterocycles. The van der Waals surface area contributed by atoms with Crippen LogP contribution in [0.2, 0.25) is 0 Å². The molecule has 0 unspecified atom stereocenters. The third-order valence-electron chi connectivity index (χ3n) is 4.96. The van der Waals surface area contributed by atoms with Crippen LogP contribution in [0.4, 0.5) is 0 Å². The molecule has 0 N–H and O–H groups in total.